The van der Waals surface area contributed by atoms with Gasteiger partial charge < -0.3 is 18.9 Å². The predicted molar refractivity (Wildman–Crippen MR) is 110 cm³/mol. The van der Waals surface area contributed by atoms with Crippen LogP contribution in [0.1, 0.15) is 12.6 Å². The summed E-state index contributed by atoms with van der Waals surface area (Å²) in [5.41, 5.74) is 1.67. The highest BCUT2D eigenvalue weighted by Crippen LogP contribution is 2.32. The Morgan fingerprint density at radius 1 is 1.29 bits per heavy atom. The lowest BCUT2D eigenvalue weighted by Gasteiger charge is -2.33. The van der Waals surface area contributed by atoms with Crippen LogP contribution in [0.15, 0.2) is 36.7 Å². The summed E-state index contributed by atoms with van der Waals surface area (Å²) in [5, 5.41) is 0.489. The number of rotatable bonds is 5. The molecule has 1 saturated heterocycles. The van der Waals surface area contributed by atoms with Crippen LogP contribution in [0.25, 0.3) is 11.0 Å². The SMILES string of the molecule is CCOC(=O)N1CCN(c2cn(C)c3nc(OCc4ccccn4)c(F)cc23)C(=O)C1. The Hall–Kier alpha value is -3.69. The monoisotopic (exact) mass is 427 g/mol. The lowest BCUT2D eigenvalue weighted by Crippen LogP contribution is -2.52. The van der Waals surface area contributed by atoms with E-state index in [4.69, 9.17) is 9.47 Å². The number of aryl methyl sites for hydroxylation is 1. The molecular formula is C21H22FN5O4. The van der Waals surface area contributed by atoms with Gasteiger partial charge in [0.1, 0.15) is 18.8 Å². The zero-order chi connectivity index (χ0) is 22.0. The number of halogens is 1. The lowest BCUT2D eigenvalue weighted by molar-refractivity contribution is -0.120. The fourth-order valence-electron chi connectivity index (χ4n) is 3.47. The second kappa shape index (κ2) is 8.58. The molecule has 31 heavy (non-hydrogen) atoms. The van der Waals surface area contributed by atoms with Crippen LogP contribution in [-0.4, -0.2) is 57.7 Å². The van der Waals surface area contributed by atoms with Gasteiger partial charge in [-0.05, 0) is 25.1 Å². The molecule has 9 nitrogen and oxygen atoms in total. The van der Waals surface area contributed by atoms with E-state index in [1.165, 1.54) is 15.9 Å². The van der Waals surface area contributed by atoms with Crippen LogP contribution in [-0.2, 0) is 23.2 Å². The average Bonchev–Trinajstić information content (AvgIpc) is 3.08. The molecule has 162 valence electrons. The molecule has 0 saturated carbocycles. The molecule has 0 unspecified atom stereocenters. The highest BCUT2D eigenvalue weighted by molar-refractivity contribution is 6.04. The molecular weight excluding hydrogens is 405 g/mol. The third-order valence-electron chi connectivity index (χ3n) is 4.97. The first-order chi connectivity index (χ1) is 15.0. The van der Waals surface area contributed by atoms with Crippen molar-refractivity contribution in [1.82, 2.24) is 19.4 Å². The van der Waals surface area contributed by atoms with Gasteiger partial charge in [-0.3, -0.25) is 14.7 Å². The quantitative estimate of drug-likeness (QED) is 0.622. The number of hydrogen-bond acceptors (Lipinski definition) is 6. The summed E-state index contributed by atoms with van der Waals surface area (Å²) in [6, 6.07) is 6.70. The Bertz CT molecular complexity index is 1120. The Morgan fingerprint density at radius 2 is 2.13 bits per heavy atom. The molecule has 2 amide bonds. The average molecular weight is 427 g/mol. The third-order valence-corrected chi connectivity index (χ3v) is 4.97. The molecule has 0 spiro atoms. The fourth-order valence-corrected chi connectivity index (χ4v) is 3.47. The number of carbonyl (C=O) groups is 2. The number of anilines is 1. The maximum atomic E-state index is 14.7. The van der Waals surface area contributed by atoms with Crippen molar-refractivity contribution in [3.8, 4) is 5.88 Å². The zero-order valence-corrected chi connectivity index (χ0v) is 17.2. The van der Waals surface area contributed by atoms with Crippen molar-refractivity contribution in [1.29, 1.82) is 0 Å². The minimum Gasteiger partial charge on any atom is -0.469 e. The summed E-state index contributed by atoms with van der Waals surface area (Å²) >= 11 is 0. The summed E-state index contributed by atoms with van der Waals surface area (Å²) in [7, 11) is 1.76. The van der Waals surface area contributed by atoms with Crippen LogP contribution < -0.4 is 9.64 Å². The number of nitrogens with zero attached hydrogens (tertiary/aromatic N) is 5. The molecule has 0 atom stereocenters. The van der Waals surface area contributed by atoms with Crippen molar-refractivity contribution in [2.45, 2.75) is 13.5 Å². The minimum absolute atomic E-state index is 0.0852. The van der Waals surface area contributed by atoms with Gasteiger partial charge in [-0.1, -0.05) is 6.07 Å². The van der Waals surface area contributed by atoms with Crippen LogP contribution >= 0.6 is 0 Å². The van der Waals surface area contributed by atoms with Crippen molar-refractivity contribution in [2.24, 2.45) is 7.05 Å². The maximum absolute atomic E-state index is 14.7. The number of piperazine rings is 1. The molecule has 1 fully saturated rings. The third kappa shape index (κ3) is 4.14. The molecule has 4 rings (SSSR count). The highest BCUT2D eigenvalue weighted by Gasteiger charge is 2.31. The van der Waals surface area contributed by atoms with Crippen molar-refractivity contribution < 1.29 is 23.5 Å². The van der Waals surface area contributed by atoms with Gasteiger partial charge in [0.15, 0.2) is 5.82 Å². The number of fused-ring (bicyclic) bond motifs is 1. The molecule has 1 aliphatic rings. The second-order valence-corrected chi connectivity index (χ2v) is 7.05. The van der Waals surface area contributed by atoms with Gasteiger partial charge in [-0.15, -0.1) is 0 Å². The molecule has 0 aromatic carbocycles. The minimum atomic E-state index is -0.631. The predicted octanol–water partition coefficient (Wildman–Crippen LogP) is 2.49. The van der Waals surface area contributed by atoms with E-state index in [1.54, 1.807) is 43.1 Å². The van der Waals surface area contributed by atoms with Gasteiger partial charge in [0.05, 0.1) is 18.0 Å². The molecule has 10 heteroatoms. The summed E-state index contributed by atoms with van der Waals surface area (Å²) < 4.78 is 26.9. The normalized spacial score (nSPS) is 14.2. The topological polar surface area (TPSA) is 89.8 Å². The number of ether oxygens (including phenoxy) is 2. The largest absolute Gasteiger partial charge is 0.469 e. The first-order valence-corrected chi connectivity index (χ1v) is 9.88. The Kier molecular flexibility index (Phi) is 5.70. The summed E-state index contributed by atoms with van der Waals surface area (Å²) in [5.74, 6) is -1.04. The molecule has 3 aromatic rings. The molecule has 3 aromatic heterocycles. The summed E-state index contributed by atoms with van der Waals surface area (Å²) in [6.07, 6.45) is 2.83. The van der Waals surface area contributed by atoms with Gasteiger partial charge >= 0.3 is 6.09 Å². The van der Waals surface area contributed by atoms with E-state index >= 15 is 0 Å². The maximum Gasteiger partial charge on any atom is 0.410 e. The van der Waals surface area contributed by atoms with Crippen molar-refractivity contribution >= 4 is 28.7 Å². The van der Waals surface area contributed by atoms with Gasteiger partial charge in [0, 0.05) is 37.9 Å². The van der Waals surface area contributed by atoms with Crippen LogP contribution in [0.2, 0.25) is 0 Å². The number of hydrogen-bond donors (Lipinski definition) is 0. The van der Waals surface area contributed by atoms with E-state index in [0.717, 1.165) is 0 Å². The fraction of sp³-hybridized carbons (Fsp3) is 0.333. The molecule has 0 radical (unpaired) electrons. The standard InChI is InChI=1S/C21H22FN5O4/c1-3-30-21(29)26-8-9-27(18(28)12-26)17-11-25(2)19-15(17)10-16(22)20(24-19)31-13-14-6-4-5-7-23-14/h4-7,10-11H,3,8-9,12-13H2,1-2H3. The van der Waals surface area contributed by atoms with Crippen LogP contribution in [0.5, 0.6) is 5.88 Å². The summed E-state index contributed by atoms with van der Waals surface area (Å²) in [6.45, 7) is 2.53. The second-order valence-electron chi connectivity index (χ2n) is 7.05. The molecule has 0 bridgehead atoms. The van der Waals surface area contributed by atoms with Gasteiger partial charge in [-0.25, -0.2) is 9.18 Å². The Morgan fingerprint density at radius 3 is 2.84 bits per heavy atom. The number of pyridine rings is 2. The van der Waals surface area contributed by atoms with Gasteiger partial charge in [-0.2, -0.15) is 4.98 Å². The van der Waals surface area contributed by atoms with E-state index in [0.29, 0.717) is 29.0 Å². The zero-order valence-electron chi connectivity index (χ0n) is 17.2. The molecule has 4 heterocycles. The van der Waals surface area contributed by atoms with Crippen LogP contribution in [0.4, 0.5) is 14.9 Å². The van der Waals surface area contributed by atoms with Crippen molar-refractivity contribution in [3.63, 3.8) is 0 Å². The van der Waals surface area contributed by atoms with Crippen LogP contribution in [0, 0.1) is 5.82 Å². The van der Waals surface area contributed by atoms with E-state index in [-0.39, 0.29) is 38.1 Å². The van der Waals surface area contributed by atoms with E-state index in [1.807, 2.05) is 6.07 Å². The Balaban J connectivity index is 1.57. The number of amides is 2. The van der Waals surface area contributed by atoms with Crippen LogP contribution in [0.3, 0.4) is 0 Å². The van der Waals surface area contributed by atoms with E-state index in [2.05, 4.69) is 9.97 Å². The van der Waals surface area contributed by atoms with Crippen molar-refractivity contribution in [2.75, 3.05) is 31.1 Å². The molecule has 0 aliphatic carbocycles. The van der Waals surface area contributed by atoms with Gasteiger partial charge in [0.2, 0.25) is 5.91 Å². The first kappa shape index (κ1) is 20.6. The number of aromatic nitrogens is 3. The van der Waals surface area contributed by atoms with Crippen molar-refractivity contribution in [3.05, 3.63) is 48.2 Å². The highest BCUT2D eigenvalue weighted by atomic mass is 19.1. The summed E-state index contributed by atoms with van der Waals surface area (Å²) in [4.78, 5) is 36.0. The number of carbonyl (C=O) groups excluding carboxylic acids is 2. The van der Waals surface area contributed by atoms with Gasteiger partial charge in [0.25, 0.3) is 5.88 Å². The lowest BCUT2D eigenvalue weighted by atomic mass is 10.2. The molecule has 0 N–H and O–H groups in total. The van der Waals surface area contributed by atoms with E-state index < -0.39 is 11.9 Å². The molecule has 1 aliphatic heterocycles. The smallest absolute Gasteiger partial charge is 0.410 e. The first-order valence-electron chi connectivity index (χ1n) is 9.88. The Labute approximate surface area is 178 Å². The van der Waals surface area contributed by atoms with E-state index in [9.17, 15) is 14.0 Å².